The number of aromatic nitrogens is 5. The predicted molar refractivity (Wildman–Crippen MR) is 151 cm³/mol. The normalized spacial score (nSPS) is 16.9. The first-order chi connectivity index (χ1) is 19.2. The molecule has 1 aliphatic carbocycles. The van der Waals surface area contributed by atoms with Crippen LogP contribution in [0.15, 0.2) is 48.8 Å². The third kappa shape index (κ3) is 5.14. The number of benzene rings is 2. The molecule has 4 aromatic rings. The maximum Gasteiger partial charge on any atom is 0.247 e. The second-order valence-electron chi connectivity index (χ2n) is 10.2. The number of piperazine rings is 1. The molecule has 0 spiro atoms. The summed E-state index contributed by atoms with van der Waals surface area (Å²) in [5.74, 6) is -0.652. The van der Waals surface area contributed by atoms with Gasteiger partial charge >= 0.3 is 0 Å². The van der Waals surface area contributed by atoms with Crippen molar-refractivity contribution in [3.63, 3.8) is 0 Å². The van der Waals surface area contributed by atoms with Gasteiger partial charge in [0.05, 0.1) is 23.1 Å². The SMILES string of the molecule is Cn1cc2cc(NC(=O)C(CC3CCC3)N3CC(=O)N(c4cc(Cl)ccc4-n4cc(Cl)nn4)CC3=O)ccc2n1. The molecule has 1 aliphatic heterocycles. The molecule has 13 heteroatoms. The topological polar surface area (TPSA) is 118 Å². The number of nitrogens with zero attached hydrogens (tertiary/aromatic N) is 7. The van der Waals surface area contributed by atoms with Gasteiger partial charge in [-0.2, -0.15) is 5.10 Å². The first-order valence-corrected chi connectivity index (χ1v) is 13.7. The Balaban J connectivity index is 1.25. The van der Waals surface area contributed by atoms with Gasteiger partial charge in [-0.05, 0) is 48.7 Å². The molecule has 11 nitrogen and oxygen atoms in total. The van der Waals surface area contributed by atoms with Gasteiger partial charge in [-0.1, -0.05) is 47.7 Å². The molecule has 2 fully saturated rings. The quantitative estimate of drug-likeness (QED) is 0.355. The molecular formula is C27H26Cl2N8O3. The van der Waals surface area contributed by atoms with Crippen molar-refractivity contribution in [2.45, 2.75) is 31.7 Å². The summed E-state index contributed by atoms with van der Waals surface area (Å²) in [7, 11) is 1.84. The lowest BCUT2D eigenvalue weighted by molar-refractivity contribution is -0.144. The summed E-state index contributed by atoms with van der Waals surface area (Å²) in [6, 6.07) is 9.63. The van der Waals surface area contributed by atoms with Gasteiger partial charge in [0.25, 0.3) is 0 Å². The molecule has 0 bridgehead atoms. The van der Waals surface area contributed by atoms with Crippen LogP contribution in [-0.4, -0.2) is 66.5 Å². The fourth-order valence-corrected chi connectivity index (χ4v) is 5.57. The molecule has 3 heterocycles. The fraction of sp³-hybridized carbons (Fsp3) is 0.333. The highest BCUT2D eigenvalue weighted by Gasteiger charge is 2.40. The molecule has 40 heavy (non-hydrogen) atoms. The Morgan fingerprint density at radius 3 is 2.60 bits per heavy atom. The van der Waals surface area contributed by atoms with Gasteiger partial charge < -0.3 is 10.2 Å². The van der Waals surface area contributed by atoms with Gasteiger partial charge in [-0.15, -0.1) is 5.10 Å². The molecule has 1 N–H and O–H groups in total. The average Bonchev–Trinajstić information content (AvgIpc) is 3.48. The van der Waals surface area contributed by atoms with Crippen LogP contribution in [0, 0.1) is 5.92 Å². The van der Waals surface area contributed by atoms with Crippen molar-refractivity contribution in [2.24, 2.45) is 13.0 Å². The smallest absolute Gasteiger partial charge is 0.247 e. The van der Waals surface area contributed by atoms with Crippen LogP contribution in [0.1, 0.15) is 25.7 Å². The van der Waals surface area contributed by atoms with Crippen LogP contribution >= 0.6 is 23.2 Å². The molecule has 2 aliphatic rings. The largest absolute Gasteiger partial charge is 0.324 e. The van der Waals surface area contributed by atoms with E-state index in [0.717, 1.165) is 30.2 Å². The molecule has 1 unspecified atom stereocenters. The second kappa shape index (κ2) is 10.5. The molecule has 6 rings (SSSR count). The van der Waals surface area contributed by atoms with E-state index in [2.05, 4.69) is 20.7 Å². The fourth-order valence-electron chi connectivity index (χ4n) is 5.28. The monoisotopic (exact) mass is 580 g/mol. The minimum atomic E-state index is -0.776. The van der Waals surface area contributed by atoms with E-state index in [4.69, 9.17) is 23.2 Å². The molecule has 3 amide bonds. The summed E-state index contributed by atoms with van der Waals surface area (Å²) in [6.45, 7) is -0.486. The first kappa shape index (κ1) is 26.3. The summed E-state index contributed by atoms with van der Waals surface area (Å²) in [5.41, 5.74) is 2.32. The molecule has 2 aromatic heterocycles. The number of carbonyl (C=O) groups is 3. The lowest BCUT2D eigenvalue weighted by atomic mass is 9.80. The van der Waals surface area contributed by atoms with Crippen molar-refractivity contribution >= 4 is 63.2 Å². The third-order valence-corrected chi connectivity index (χ3v) is 7.92. The Morgan fingerprint density at radius 2 is 1.88 bits per heavy atom. The summed E-state index contributed by atoms with van der Waals surface area (Å²) in [6.07, 6.45) is 6.97. The van der Waals surface area contributed by atoms with Gasteiger partial charge in [0.2, 0.25) is 17.7 Å². The van der Waals surface area contributed by atoms with E-state index in [-0.39, 0.29) is 36.0 Å². The van der Waals surface area contributed by atoms with E-state index in [1.807, 2.05) is 25.4 Å². The van der Waals surface area contributed by atoms with E-state index in [0.29, 0.717) is 34.4 Å². The number of halogens is 2. The van der Waals surface area contributed by atoms with E-state index in [1.165, 1.54) is 20.7 Å². The third-order valence-electron chi connectivity index (χ3n) is 7.51. The molecule has 2 aromatic carbocycles. The van der Waals surface area contributed by atoms with Crippen LogP contribution in [0.3, 0.4) is 0 Å². The van der Waals surface area contributed by atoms with E-state index < -0.39 is 6.04 Å². The first-order valence-electron chi connectivity index (χ1n) is 13.0. The Labute approximate surface area is 239 Å². The van der Waals surface area contributed by atoms with E-state index in [1.54, 1.807) is 28.9 Å². The van der Waals surface area contributed by atoms with Crippen molar-refractivity contribution in [1.29, 1.82) is 0 Å². The summed E-state index contributed by atoms with van der Waals surface area (Å²) >= 11 is 12.2. The summed E-state index contributed by atoms with van der Waals surface area (Å²) < 4.78 is 3.13. The Bertz CT molecular complexity index is 1630. The summed E-state index contributed by atoms with van der Waals surface area (Å²) in [5, 5.41) is 16.6. The van der Waals surface area contributed by atoms with E-state index in [9.17, 15) is 14.4 Å². The van der Waals surface area contributed by atoms with Gasteiger partial charge in [-0.25, -0.2) is 4.68 Å². The molecule has 1 atom stereocenters. The number of fused-ring (bicyclic) bond motifs is 1. The summed E-state index contributed by atoms with van der Waals surface area (Å²) in [4.78, 5) is 43.5. The number of aryl methyl sites for hydroxylation is 1. The zero-order valence-electron chi connectivity index (χ0n) is 21.6. The number of hydrogen-bond donors (Lipinski definition) is 1. The van der Waals surface area contributed by atoms with Crippen molar-refractivity contribution in [3.05, 3.63) is 59.0 Å². The molecule has 0 radical (unpaired) electrons. The van der Waals surface area contributed by atoms with Gasteiger partial charge in [0.15, 0.2) is 5.15 Å². The molecular weight excluding hydrogens is 555 g/mol. The minimum Gasteiger partial charge on any atom is -0.324 e. The zero-order chi connectivity index (χ0) is 28.0. The van der Waals surface area contributed by atoms with Gasteiger partial charge in [0.1, 0.15) is 19.1 Å². The predicted octanol–water partition coefficient (Wildman–Crippen LogP) is 3.83. The van der Waals surface area contributed by atoms with Gasteiger partial charge in [-0.3, -0.25) is 24.0 Å². The second-order valence-corrected chi connectivity index (χ2v) is 11.1. The molecule has 1 saturated heterocycles. The number of hydrogen-bond acceptors (Lipinski definition) is 6. The van der Waals surface area contributed by atoms with Crippen LogP contribution in [-0.2, 0) is 21.4 Å². The zero-order valence-corrected chi connectivity index (χ0v) is 23.1. The Hall–Kier alpha value is -3.96. The lowest BCUT2D eigenvalue weighted by Crippen LogP contribution is -2.60. The van der Waals surface area contributed by atoms with E-state index >= 15 is 0 Å². The highest BCUT2D eigenvalue weighted by Crippen LogP contribution is 2.34. The highest BCUT2D eigenvalue weighted by molar-refractivity contribution is 6.31. The van der Waals surface area contributed by atoms with Crippen molar-refractivity contribution in [2.75, 3.05) is 23.3 Å². The van der Waals surface area contributed by atoms with Crippen LogP contribution in [0.2, 0.25) is 10.2 Å². The van der Waals surface area contributed by atoms with Crippen LogP contribution in [0.25, 0.3) is 16.6 Å². The van der Waals surface area contributed by atoms with Crippen LogP contribution in [0.4, 0.5) is 11.4 Å². The van der Waals surface area contributed by atoms with Gasteiger partial charge in [0, 0.05) is 29.3 Å². The van der Waals surface area contributed by atoms with Crippen molar-refractivity contribution in [3.8, 4) is 5.69 Å². The number of rotatable bonds is 7. The molecule has 1 saturated carbocycles. The number of nitrogens with one attached hydrogen (secondary N) is 1. The minimum absolute atomic E-state index is 0.181. The van der Waals surface area contributed by atoms with Crippen molar-refractivity contribution in [1.82, 2.24) is 29.7 Å². The Kier molecular flexibility index (Phi) is 6.93. The Morgan fingerprint density at radius 1 is 1.05 bits per heavy atom. The number of carbonyl (C=O) groups excluding carboxylic acids is 3. The lowest BCUT2D eigenvalue weighted by Gasteiger charge is -2.40. The van der Waals surface area contributed by atoms with Crippen LogP contribution in [0.5, 0.6) is 0 Å². The van der Waals surface area contributed by atoms with Crippen LogP contribution < -0.4 is 10.2 Å². The molecule has 206 valence electrons. The number of amides is 3. The average molecular weight is 581 g/mol. The number of anilines is 2. The maximum atomic E-state index is 13.6. The standard InChI is InChI=1S/C27H26Cl2N8O3/c1-34-12-17-10-19(6-7-20(17)32-34)30-27(40)23(9-16-3-2-4-16)36-15-25(38)35(14-26(36)39)22-11-18(28)5-8-21(22)37-13-24(29)31-33-37/h5-8,10-13,16,23H,2-4,9,14-15H2,1H3,(H,30,40). The van der Waals surface area contributed by atoms with Crippen molar-refractivity contribution < 1.29 is 14.4 Å². The highest BCUT2D eigenvalue weighted by atomic mass is 35.5. The maximum absolute atomic E-state index is 13.6.